The largest absolute Gasteiger partial charge is 0.486 e. The lowest BCUT2D eigenvalue weighted by Gasteiger charge is -2.08. The molecule has 2 heterocycles. The van der Waals surface area contributed by atoms with Gasteiger partial charge < -0.3 is 10.1 Å². The van der Waals surface area contributed by atoms with Crippen molar-refractivity contribution in [3.8, 4) is 5.75 Å². The number of hydrogen-bond acceptors (Lipinski definition) is 4. The van der Waals surface area contributed by atoms with Crippen LogP contribution in [0, 0.1) is 5.92 Å². The lowest BCUT2D eigenvalue weighted by atomic mass is 10.2. The number of ether oxygens (including phenoxy) is 1. The molecule has 112 valence electrons. The number of pyridine rings is 2. The first kappa shape index (κ1) is 15.7. The van der Waals surface area contributed by atoms with Crippen molar-refractivity contribution in [3.05, 3.63) is 53.1 Å². The Hall–Kier alpha value is -1.65. The Labute approximate surface area is 130 Å². The molecule has 0 aromatic carbocycles. The van der Waals surface area contributed by atoms with Crippen molar-refractivity contribution < 1.29 is 4.74 Å². The molecule has 21 heavy (non-hydrogen) atoms. The van der Waals surface area contributed by atoms with E-state index in [0.29, 0.717) is 23.3 Å². The quantitative estimate of drug-likeness (QED) is 0.851. The van der Waals surface area contributed by atoms with Gasteiger partial charge in [0.25, 0.3) is 0 Å². The summed E-state index contributed by atoms with van der Waals surface area (Å²) < 4.78 is 5.60. The monoisotopic (exact) mass is 305 g/mol. The molecule has 0 aliphatic carbocycles. The van der Waals surface area contributed by atoms with Gasteiger partial charge in [-0.2, -0.15) is 0 Å². The van der Waals surface area contributed by atoms with E-state index in [2.05, 4.69) is 35.2 Å². The van der Waals surface area contributed by atoms with E-state index >= 15 is 0 Å². The fourth-order valence-electron chi connectivity index (χ4n) is 1.78. The average Bonchev–Trinajstić information content (AvgIpc) is 2.46. The standard InChI is InChI=1S/C16H20ClN3O/c1-12(2)6-18-7-13-3-4-15(20-8-13)11-21-16-5-14(17)9-19-10-16/h3-5,8-10,12,18H,6-7,11H2,1-2H3. The maximum absolute atomic E-state index is 5.85. The van der Waals surface area contributed by atoms with Gasteiger partial charge in [-0.25, -0.2) is 0 Å². The predicted molar refractivity (Wildman–Crippen MR) is 84.4 cm³/mol. The highest BCUT2D eigenvalue weighted by molar-refractivity contribution is 6.30. The highest BCUT2D eigenvalue weighted by atomic mass is 35.5. The van der Waals surface area contributed by atoms with Crippen molar-refractivity contribution in [3.63, 3.8) is 0 Å². The molecule has 0 fully saturated rings. The second kappa shape index (κ2) is 7.96. The summed E-state index contributed by atoms with van der Waals surface area (Å²) in [6.45, 7) is 6.63. The first-order chi connectivity index (χ1) is 10.1. The SMILES string of the molecule is CC(C)CNCc1ccc(COc2cncc(Cl)c2)nc1. The molecule has 2 aromatic heterocycles. The van der Waals surface area contributed by atoms with Gasteiger partial charge in [0.05, 0.1) is 16.9 Å². The zero-order chi connectivity index (χ0) is 15.1. The van der Waals surface area contributed by atoms with E-state index in [1.807, 2.05) is 12.3 Å². The van der Waals surface area contributed by atoms with Crippen LogP contribution in [-0.4, -0.2) is 16.5 Å². The molecule has 0 saturated heterocycles. The van der Waals surface area contributed by atoms with Gasteiger partial charge in [-0.05, 0) is 24.1 Å². The van der Waals surface area contributed by atoms with Crippen molar-refractivity contribution in [2.45, 2.75) is 27.0 Å². The van der Waals surface area contributed by atoms with E-state index in [1.54, 1.807) is 18.5 Å². The summed E-state index contributed by atoms with van der Waals surface area (Å²) in [4.78, 5) is 8.37. The second-order valence-electron chi connectivity index (χ2n) is 5.31. The first-order valence-corrected chi connectivity index (χ1v) is 7.39. The van der Waals surface area contributed by atoms with Crippen LogP contribution < -0.4 is 10.1 Å². The molecule has 0 saturated carbocycles. The molecular weight excluding hydrogens is 286 g/mol. The molecule has 4 nitrogen and oxygen atoms in total. The Morgan fingerprint density at radius 3 is 2.76 bits per heavy atom. The van der Waals surface area contributed by atoms with Crippen LogP contribution in [-0.2, 0) is 13.2 Å². The summed E-state index contributed by atoms with van der Waals surface area (Å²) in [6.07, 6.45) is 5.09. The van der Waals surface area contributed by atoms with E-state index in [-0.39, 0.29) is 0 Å². The lowest BCUT2D eigenvalue weighted by Crippen LogP contribution is -2.19. The van der Waals surface area contributed by atoms with E-state index in [1.165, 1.54) is 5.56 Å². The zero-order valence-electron chi connectivity index (χ0n) is 12.3. The van der Waals surface area contributed by atoms with Crippen LogP contribution in [0.15, 0.2) is 36.8 Å². The minimum absolute atomic E-state index is 0.404. The summed E-state index contributed by atoms with van der Waals surface area (Å²) >= 11 is 5.85. The fraction of sp³-hybridized carbons (Fsp3) is 0.375. The van der Waals surface area contributed by atoms with Gasteiger partial charge in [0.1, 0.15) is 12.4 Å². The molecule has 0 bridgehead atoms. The number of nitrogens with zero attached hydrogens (tertiary/aromatic N) is 2. The number of rotatable bonds is 7. The molecule has 2 aromatic rings. The van der Waals surface area contributed by atoms with Crippen molar-refractivity contribution in [1.29, 1.82) is 0 Å². The molecule has 5 heteroatoms. The third-order valence-electron chi connectivity index (χ3n) is 2.83. The molecule has 0 amide bonds. The van der Waals surface area contributed by atoms with Crippen LogP contribution in [0.1, 0.15) is 25.1 Å². The molecule has 0 atom stereocenters. The minimum atomic E-state index is 0.404. The Kier molecular flexibility index (Phi) is 5.96. The van der Waals surface area contributed by atoms with Crippen molar-refractivity contribution >= 4 is 11.6 Å². The number of hydrogen-bond donors (Lipinski definition) is 1. The average molecular weight is 306 g/mol. The van der Waals surface area contributed by atoms with Crippen molar-refractivity contribution in [1.82, 2.24) is 15.3 Å². The maximum atomic E-state index is 5.85. The maximum Gasteiger partial charge on any atom is 0.139 e. The van der Waals surface area contributed by atoms with Crippen LogP contribution in [0.5, 0.6) is 5.75 Å². The van der Waals surface area contributed by atoms with Gasteiger partial charge in [-0.15, -0.1) is 0 Å². The Balaban J connectivity index is 1.82. The summed E-state index contributed by atoms with van der Waals surface area (Å²) in [7, 11) is 0. The smallest absolute Gasteiger partial charge is 0.139 e. The van der Waals surface area contributed by atoms with Crippen molar-refractivity contribution in [2.24, 2.45) is 5.92 Å². The molecule has 0 unspecified atom stereocenters. The highest BCUT2D eigenvalue weighted by Gasteiger charge is 2.00. The topological polar surface area (TPSA) is 47.0 Å². The third-order valence-corrected chi connectivity index (χ3v) is 3.04. The lowest BCUT2D eigenvalue weighted by molar-refractivity contribution is 0.300. The van der Waals surface area contributed by atoms with Crippen molar-refractivity contribution in [2.75, 3.05) is 6.54 Å². The fourth-order valence-corrected chi connectivity index (χ4v) is 1.94. The van der Waals surface area contributed by atoms with E-state index < -0.39 is 0 Å². The van der Waals surface area contributed by atoms with Crippen LogP contribution in [0.25, 0.3) is 0 Å². The Morgan fingerprint density at radius 1 is 1.24 bits per heavy atom. The van der Waals surface area contributed by atoms with E-state index in [0.717, 1.165) is 18.8 Å². The molecule has 0 aliphatic heterocycles. The first-order valence-electron chi connectivity index (χ1n) is 7.01. The molecule has 2 rings (SSSR count). The van der Waals surface area contributed by atoms with Gasteiger partial charge in [0, 0.05) is 25.0 Å². The Morgan fingerprint density at radius 2 is 2.10 bits per heavy atom. The molecule has 0 aliphatic rings. The molecule has 1 N–H and O–H groups in total. The Bertz CT molecular complexity index is 558. The minimum Gasteiger partial charge on any atom is -0.486 e. The van der Waals surface area contributed by atoms with Gasteiger partial charge in [-0.3, -0.25) is 9.97 Å². The van der Waals surface area contributed by atoms with Crippen LogP contribution in [0.3, 0.4) is 0 Å². The van der Waals surface area contributed by atoms with Gasteiger partial charge >= 0.3 is 0 Å². The molecule has 0 spiro atoms. The number of nitrogens with one attached hydrogen (secondary N) is 1. The van der Waals surface area contributed by atoms with Crippen LogP contribution in [0.2, 0.25) is 5.02 Å². The summed E-state index contributed by atoms with van der Waals surface area (Å²) in [5.74, 6) is 1.30. The normalized spacial score (nSPS) is 10.9. The summed E-state index contributed by atoms with van der Waals surface area (Å²) in [6, 6.07) is 5.78. The van der Waals surface area contributed by atoms with Gasteiger partial charge in [-0.1, -0.05) is 31.5 Å². The summed E-state index contributed by atoms with van der Waals surface area (Å²) in [5.41, 5.74) is 2.05. The predicted octanol–water partition coefficient (Wildman–Crippen LogP) is 3.45. The van der Waals surface area contributed by atoms with Gasteiger partial charge in [0.15, 0.2) is 0 Å². The highest BCUT2D eigenvalue weighted by Crippen LogP contribution is 2.16. The number of aromatic nitrogens is 2. The second-order valence-corrected chi connectivity index (χ2v) is 5.75. The van der Waals surface area contributed by atoms with Gasteiger partial charge in [0.2, 0.25) is 0 Å². The molecular formula is C16H20ClN3O. The number of halogens is 1. The van der Waals surface area contributed by atoms with E-state index in [4.69, 9.17) is 16.3 Å². The third kappa shape index (κ3) is 5.69. The van der Waals surface area contributed by atoms with Crippen LogP contribution in [0.4, 0.5) is 0 Å². The zero-order valence-corrected chi connectivity index (χ0v) is 13.1. The van der Waals surface area contributed by atoms with Crippen LogP contribution >= 0.6 is 11.6 Å². The summed E-state index contributed by atoms with van der Waals surface area (Å²) in [5, 5.41) is 3.95. The molecule has 0 radical (unpaired) electrons. The van der Waals surface area contributed by atoms with E-state index in [9.17, 15) is 0 Å².